The number of nitrogens with one attached hydrogen (secondary N) is 1. The Kier molecular flexibility index (Phi) is 4.81. The number of nitrogens with zero attached hydrogens (tertiary/aromatic N) is 3. The minimum absolute atomic E-state index is 0.152. The molecule has 1 saturated carbocycles. The predicted molar refractivity (Wildman–Crippen MR) is 115 cm³/mol. The van der Waals surface area contributed by atoms with E-state index in [0.29, 0.717) is 41.1 Å². The highest BCUT2D eigenvalue weighted by atomic mass is 32.2. The Morgan fingerprint density at radius 1 is 1.03 bits per heavy atom. The molecule has 0 atom stereocenters. The lowest BCUT2D eigenvalue weighted by Gasteiger charge is -2.15. The topological polar surface area (TPSA) is 85.6 Å². The van der Waals surface area contributed by atoms with Gasteiger partial charge in [-0.25, -0.2) is 17.2 Å². The van der Waals surface area contributed by atoms with Crippen molar-refractivity contribution in [3.63, 3.8) is 0 Å². The molecule has 2 aromatic heterocycles. The van der Waals surface area contributed by atoms with Crippen LogP contribution in [0.25, 0.3) is 16.8 Å². The molecular formula is C22H18F2N4O3S. The van der Waals surface area contributed by atoms with Crippen molar-refractivity contribution in [3.05, 3.63) is 72.2 Å². The number of anilines is 1. The van der Waals surface area contributed by atoms with Gasteiger partial charge in [0, 0.05) is 29.1 Å². The second-order valence-electron chi connectivity index (χ2n) is 7.63. The smallest absolute Gasteiger partial charge is 0.235 e. The van der Waals surface area contributed by atoms with E-state index in [-0.39, 0.29) is 16.7 Å². The van der Waals surface area contributed by atoms with Gasteiger partial charge < -0.3 is 4.74 Å². The second-order valence-corrected chi connectivity index (χ2v) is 9.59. The lowest BCUT2D eigenvalue weighted by atomic mass is 10.1. The zero-order valence-electron chi connectivity index (χ0n) is 16.9. The number of pyridine rings is 1. The summed E-state index contributed by atoms with van der Waals surface area (Å²) in [6.07, 6.45) is 3.06. The van der Waals surface area contributed by atoms with Gasteiger partial charge in [-0.05, 0) is 62.2 Å². The molecule has 5 rings (SSSR count). The summed E-state index contributed by atoms with van der Waals surface area (Å²) >= 11 is 0. The van der Waals surface area contributed by atoms with Crippen LogP contribution >= 0.6 is 0 Å². The fraction of sp³-hybridized carbons (Fsp3) is 0.182. The van der Waals surface area contributed by atoms with Crippen LogP contribution in [0.1, 0.15) is 18.7 Å². The molecule has 2 aromatic carbocycles. The van der Waals surface area contributed by atoms with Crippen LogP contribution in [0.4, 0.5) is 14.5 Å². The van der Waals surface area contributed by atoms with Gasteiger partial charge in [-0.1, -0.05) is 0 Å². The minimum Gasteiger partial charge on any atom is -0.454 e. The standard InChI is InChI=1S/C22H18F2N4O3S/c1-13-25-26-22-9-2-14(12-28(13)22)18-11-16(27-32(29,30)17-5-6-17)4-8-20(18)31-21-7-3-15(23)10-19(21)24/h2-4,7-12,17,27H,5-6H2,1H3. The van der Waals surface area contributed by atoms with E-state index in [1.54, 1.807) is 47.9 Å². The highest BCUT2D eigenvalue weighted by Gasteiger charge is 2.35. The Balaban J connectivity index is 1.60. The number of benzene rings is 2. The number of aryl methyl sites for hydroxylation is 1. The number of hydrogen-bond acceptors (Lipinski definition) is 5. The van der Waals surface area contributed by atoms with E-state index in [0.717, 1.165) is 12.1 Å². The molecule has 0 bridgehead atoms. The van der Waals surface area contributed by atoms with Crippen LogP contribution in [0.15, 0.2) is 54.7 Å². The van der Waals surface area contributed by atoms with Crippen molar-refractivity contribution in [3.8, 4) is 22.6 Å². The first-order valence-corrected chi connectivity index (χ1v) is 11.5. The molecule has 0 unspecified atom stereocenters. The summed E-state index contributed by atoms with van der Waals surface area (Å²) in [5.41, 5.74) is 2.19. The molecule has 0 saturated heterocycles. The summed E-state index contributed by atoms with van der Waals surface area (Å²) in [4.78, 5) is 0. The first-order valence-electron chi connectivity index (χ1n) is 9.90. The Morgan fingerprint density at radius 3 is 2.56 bits per heavy atom. The number of aromatic nitrogens is 3. The zero-order valence-corrected chi connectivity index (χ0v) is 17.7. The van der Waals surface area contributed by atoms with Gasteiger partial charge in [-0.3, -0.25) is 9.12 Å². The van der Waals surface area contributed by atoms with E-state index in [9.17, 15) is 17.2 Å². The SMILES string of the molecule is Cc1nnc2ccc(-c3cc(NS(=O)(=O)C4CC4)ccc3Oc3ccc(F)cc3F)cn12. The molecule has 0 radical (unpaired) electrons. The summed E-state index contributed by atoms with van der Waals surface area (Å²) in [6, 6.07) is 11.3. The summed E-state index contributed by atoms with van der Waals surface area (Å²) in [5, 5.41) is 7.72. The maximum absolute atomic E-state index is 14.2. The van der Waals surface area contributed by atoms with Crippen molar-refractivity contribution in [1.29, 1.82) is 0 Å². The summed E-state index contributed by atoms with van der Waals surface area (Å²) in [7, 11) is -3.47. The Bertz CT molecular complexity index is 1450. The third-order valence-corrected chi connectivity index (χ3v) is 7.07. The zero-order chi connectivity index (χ0) is 22.5. The normalized spacial score (nSPS) is 14.0. The van der Waals surface area contributed by atoms with Gasteiger partial charge in [0.2, 0.25) is 10.0 Å². The van der Waals surface area contributed by atoms with Crippen LogP contribution in [-0.4, -0.2) is 28.3 Å². The fourth-order valence-electron chi connectivity index (χ4n) is 3.38. The van der Waals surface area contributed by atoms with Crippen molar-refractivity contribution in [2.75, 3.05) is 4.72 Å². The molecule has 4 aromatic rings. The largest absolute Gasteiger partial charge is 0.454 e. The quantitative estimate of drug-likeness (QED) is 0.455. The average Bonchev–Trinajstić information content (AvgIpc) is 3.56. The lowest BCUT2D eigenvalue weighted by molar-refractivity contribution is 0.439. The fourth-order valence-corrected chi connectivity index (χ4v) is 4.75. The highest BCUT2D eigenvalue weighted by molar-refractivity contribution is 7.93. The minimum atomic E-state index is -3.47. The van der Waals surface area contributed by atoms with Gasteiger partial charge in [0.25, 0.3) is 0 Å². The molecule has 10 heteroatoms. The Labute approximate surface area is 182 Å². The molecule has 7 nitrogen and oxygen atoms in total. The van der Waals surface area contributed by atoms with E-state index in [2.05, 4.69) is 14.9 Å². The summed E-state index contributed by atoms with van der Waals surface area (Å²) in [5.74, 6) is -0.775. The van der Waals surface area contributed by atoms with Gasteiger partial charge >= 0.3 is 0 Å². The van der Waals surface area contributed by atoms with Gasteiger partial charge in [-0.15, -0.1) is 10.2 Å². The van der Waals surface area contributed by atoms with E-state index in [1.165, 1.54) is 6.07 Å². The number of halogens is 2. The molecule has 32 heavy (non-hydrogen) atoms. The van der Waals surface area contributed by atoms with Crippen molar-refractivity contribution >= 4 is 21.4 Å². The molecule has 2 heterocycles. The first-order chi connectivity index (χ1) is 15.3. The number of hydrogen-bond donors (Lipinski definition) is 1. The van der Waals surface area contributed by atoms with E-state index in [1.807, 2.05) is 0 Å². The van der Waals surface area contributed by atoms with Crippen LogP contribution < -0.4 is 9.46 Å². The third kappa shape index (κ3) is 3.89. The van der Waals surface area contributed by atoms with Crippen LogP contribution in [0.3, 0.4) is 0 Å². The van der Waals surface area contributed by atoms with Crippen molar-refractivity contribution in [2.24, 2.45) is 0 Å². The van der Waals surface area contributed by atoms with Crippen LogP contribution in [0, 0.1) is 18.6 Å². The molecule has 0 amide bonds. The molecule has 1 fully saturated rings. The molecule has 0 aliphatic heterocycles. The lowest BCUT2D eigenvalue weighted by Crippen LogP contribution is -2.17. The number of rotatable bonds is 6. The molecular weight excluding hydrogens is 438 g/mol. The van der Waals surface area contributed by atoms with Crippen molar-refractivity contribution < 1.29 is 21.9 Å². The van der Waals surface area contributed by atoms with Gasteiger partial charge in [0.1, 0.15) is 17.4 Å². The maximum Gasteiger partial charge on any atom is 0.235 e. The number of sulfonamides is 1. The maximum atomic E-state index is 14.2. The van der Waals surface area contributed by atoms with Crippen LogP contribution in [0.5, 0.6) is 11.5 Å². The summed E-state index contributed by atoms with van der Waals surface area (Å²) < 4.78 is 62.4. The highest BCUT2D eigenvalue weighted by Crippen LogP contribution is 2.38. The average molecular weight is 456 g/mol. The molecule has 1 aliphatic rings. The van der Waals surface area contributed by atoms with Gasteiger partial charge in [-0.2, -0.15) is 0 Å². The van der Waals surface area contributed by atoms with E-state index in [4.69, 9.17) is 4.74 Å². The monoisotopic (exact) mass is 456 g/mol. The molecule has 164 valence electrons. The van der Waals surface area contributed by atoms with Crippen molar-refractivity contribution in [1.82, 2.24) is 14.6 Å². The van der Waals surface area contributed by atoms with Crippen molar-refractivity contribution in [2.45, 2.75) is 25.0 Å². The van der Waals surface area contributed by atoms with Crippen LogP contribution in [0.2, 0.25) is 0 Å². The second kappa shape index (κ2) is 7.56. The van der Waals surface area contributed by atoms with E-state index >= 15 is 0 Å². The third-order valence-electron chi connectivity index (χ3n) is 5.20. The van der Waals surface area contributed by atoms with Crippen LogP contribution in [-0.2, 0) is 10.0 Å². The first kappa shape index (κ1) is 20.4. The van der Waals surface area contributed by atoms with Gasteiger partial charge in [0.15, 0.2) is 17.2 Å². The summed E-state index contributed by atoms with van der Waals surface area (Å²) in [6.45, 7) is 1.80. The Morgan fingerprint density at radius 2 is 1.81 bits per heavy atom. The molecule has 1 N–H and O–H groups in total. The Hall–Kier alpha value is -3.53. The van der Waals surface area contributed by atoms with E-state index < -0.39 is 21.7 Å². The number of fused-ring (bicyclic) bond motifs is 1. The molecule has 0 spiro atoms. The predicted octanol–water partition coefficient (Wildman–Crippen LogP) is 4.68. The number of ether oxygens (including phenoxy) is 1. The molecule has 1 aliphatic carbocycles. The van der Waals surface area contributed by atoms with Gasteiger partial charge in [0.05, 0.1) is 5.25 Å².